The van der Waals surface area contributed by atoms with Crippen molar-refractivity contribution < 1.29 is 9.53 Å². The highest BCUT2D eigenvalue weighted by atomic mass is 16.5. The van der Waals surface area contributed by atoms with Crippen LogP contribution < -0.4 is 0 Å². The van der Waals surface area contributed by atoms with E-state index >= 15 is 0 Å². The molecule has 1 unspecified atom stereocenters. The molecule has 0 aromatic carbocycles. The average Bonchev–Trinajstić information content (AvgIpc) is 3.19. The minimum Gasteiger partial charge on any atom is -0.366 e. The zero-order valence-electron chi connectivity index (χ0n) is 12.5. The van der Waals surface area contributed by atoms with Crippen LogP contribution in [0.4, 0.5) is 0 Å². The van der Waals surface area contributed by atoms with Crippen LogP contribution in [0.2, 0.25) is 0 Å². The summed E-state index contributed by atoms with van der Waals surface area (Å²) in [5, 5.41) is 10.9. The van der Waals surface area contributed by atoms with E-state index in [1.54, 1.807) is 11.0 Å². The van der Waals surface area contributed by atoms with Crippen molar-refractivity contribution in [1.82, 2.24) is 34.8 Å². The molecule has 0 spiro atoms. The number of ether oxygens (including phenoxy) is 1. The minimum atomic E-state index is -0.252. The number of hydrogen-bond acceptors (Lipinski definition) is 6. The molecule has 1 aliphatic heterocycles. The summed E-state index contributed by atoms with van der Waals surface area (Å²) in [5.41, 5.74) is 0. The number of nitrogens with zero attached hydrogens (tertiary/aromatic N) is 6. The van der Waals surface area contributed by atoms with Crippen molar-refractivity contribution in [3.63, 3.8) is 0 Å². The second-order valence-electron chi connectivity index (χ2n) is 5.24. The molecule has 2 aromatic rings. The van der Waals surface area contributed by atoms with Gasteiger partial charge >= 0.3 is 0 Å². The number of carbonyl (C=O) groups is 1. The van der Waals surface area contributed by atoms with Gasteiger partial charge in [0.15, 0.2) is 5.82 Å². The van der Waals surface area contributed by atoms with Crippen LogP contribution in [0.5, 0.6) is 0 Å². The zero-order chi connectivity index (χ0) is 15.4. The maximum Gasteiger partial charge on any atom is 0.222 e. The van der Waals surface area contributed by atoms with Crippen LogP contribution in [-0.4, -0.2) is 60.4 Å². The third-order valence-electron chi connectivity index (χ3n) is 3.57. The van der Waals surface area contributed by atoms with Gasteiger partial charge in [-0.2, -0.15) is 10.2 Å². The standard InChI is InChI=1S/C13H19N7O2/c1-10-16-13(18-17-10)11-7-19(5-6-22-11)12(21)3-2-4-20-9-14-8-15-20/h8-9,11H,2-7H2,1H3,(H,16,17,18). The number of aromatic nitrogens is 6. The van der Waals surface area contributed by atoms with Crippen LogP contribution in [0.3, 0.4) is 0 Å². The van der Waals surface area contributed by atoms with Crippen molar-refractivity contribution in [2.24, 2.45) is 0 Å². The summed E-state index contributed by atoms with van der Waals surface area (Å²) >= 11 is 0. The monoisotopic (exact) mass is 305 g/mol. The van der Waals surface area contributed by atoms with Gasteiger partial charge in [0.1, 0.15) is 24.6 Å². The summed E-state index contributed by atoms with van der Waals surface area (Å²) in [4.78, 5) is 22.3. The second kappa shape index (κ2) is 6.65. The summed E-state index contributed by atoms with van der Waals surface area (Å²) in [6.45, 7) is 4.15. The van der Waals surface area contributed by atoms with Crippen LogP contribution in [0.25, 0.3) is 0 Å². The Kier molecular flexibility index (Phi) is 4.42. The van der Waals surface area contributed by atoms with Crippen molar-refractivity contribution in [3.05, 3.63) is 24.3 Å². The average molecular weight is 305 g/mol. The van der Waals surface area contributed by atoms with E-state index in [1.165, 1.54) is 6.33 Å². The summed E-state index contributed by atoms with van der Waals surface area (Å²) in [5.74, 6) is 1.48. The van der Waals surface area contributed by atoms with Crippen molar-refractivity contribution in [2.75, 3.05) is 19.7 Å². The first-order chi connectivity index (χ1) is 10.7. The molecular weight excluding hydrogens is 286 g/mol. The molecule has 0 radical (unpaired) electrons. The van der Waals surface area contributed by atoms with E-state index in [1.807, 2.05) is 11.8 Å². The Morgan fingerprint density at radius 1 is 1.55 bits per heavy atom. The van der Waals surface area contributed by atoms with Crippen LogP contribution in [-0.2, 0) is 16.1 Å². The van der Waals surface area contributed by atoms with Gasteiger partial charge in [0.2, 0.25) is 5.91 Å². The zero-order valence-corrected chi connectivity index (χ0v) is 12.5. The van der Waals surface area contributed by atoms with E-state index in [0.717, 1.165) is 12.2 Å². The third kappa shape index (κ3) is 3.48. The molecule has 0 bridgehead atoms. The lowest BCUT2D eigenvalue weighted by Gasteiger charge is -2.31. The van der Waals surface area contributed by atoms with Gasteiger partial charge in [0, 0.05) is 19.5 Å². The van der Waals surface area contributed by atoms with Gasteiger partial charge in [-0.1, -0.05) is 0 Å². The number of aromatic amines is 1. The largest absolute Gasteiger partial charge is 0.366 e. The Hall–Kier alpha value is -2.29. The highest BCUT2D eigenvalue weighted by molar-refractivity contribution is 5.76. The lowest BCUT2D eigenvalue weighted by atomic mass is 10.2. The van der Waals surface area contributed by atoms with E-state index in [9.17, 15) is 4.79 Å². The van der Waals surface area contributed by atoms with Crippen molar-refractivity contribution in [2.45, 2.75) is 32.4 Å². The maximum atomic E-state index is 12.3. The van der Waals surface area contributed by atoms with Crippen LogP contribution in [0.1, 0.15) is 30.6 Å². The van der Waals surface area contributed by atoms with Gasteiger partial charge in [0.25, 0.3) is 0 Å². The first kappa shape index (κ1) is 14.6. The molecule has 2 aromatic heterocycles. The number of carbonyl (C=O) groups excluding carboxylic acids is 1. The Bertz CT molecular complexity index is 610. The van der Waals surface area contributed by atoms with Crippen molar-refractivity contribution in [3.8, 4) is 0 Å². The molecule has 1 atom stereocenters. The number of amides is 1. The SMILES string of the molecule is Cc1nc(C2CN(C(=O)CCCn3cncn3)CCO2)n[nH]1. The quantitative estimate of drug-likeness (QED) is 0.839. The van der Waals surface area contributed by atoms with Crippen LogP contribution >= 0.6 is 0 Å². The molecule has 1 aliphatic rings. The second-order valence-corrected chi connectivity index (χ2v) is 5.24. The number of hydrogen-bond donors (Lipinski definition) is 1. The topological polar surface area (TPSA) is 102 Å². The number of morpholine rings is 1. The fourth-order valence-electron chi connectivity index (χ4n) is 2.43. The molecule has 0 aliphatic carbocycles. The first-order valence-corrected chi connectivity index (χ1v) is 7.33. The third-order valence-corrected chi connectivity index (χ3v) is 3.57. The van der Waals surface area contributed by atoms with E-state index < -0.39 is 0 Å². The molecule has 9 heteroatoms. The highest BCUT2D eigenvalue weighted by Gasteiger charge is 2.27. The summed E-state index contributed by atoms with van der Waals surface area (Å²) < 4.78 is 7.39. The van der Waals surface area contributed by atoms with Crippen molar-refractivity contribution >= 4 is 5.91 Å². The van der Waals surface area contributed by atoms with Gasteiger partial charge in [-0.05, 0) is 13.3 Å². The van der Waals surface area contributed by atoms with Gasteiger partial charge in [-0.25, -0.2) is 9.97 Å². The van der Waals surface area contributed by atoms with E-state index in [2.05, 4.69) is 25.3 Å². The number of rotatable bonds is 5. The molecule has 1 N–H and O–H groups in total. The van der Waals surface area contributed by atoms with Crippen LogP contribution in [0, 0.1) is 6.92 Å². The Labute approximate surface area is 127 Å². The molecule has 9 nitrogen and oxygen atoms in total. The van der Waals surface area contributed by atoms with E-state index in [0.29, 0.717) is 38.5 Å². The van der Waals surface area contributed by atoms with E-state index in [-0.39, 0.29) is 12.0 Å². The first-order valence-electron chi connectivity index (χ1n) is 7.33. The Morgan fingerprint density at radius 3 is 3.18 bits per heavy atom. The predicted molar refractivity (Wildman–Crippen MR) is 75.6 cm³/mol. The number of H-pyrrole nitrogens is 1. The lowest BCUT2D eigenvalue weighted by molar-refractivity contribution is -0.139. The molecule has 22 heavy (non-hydrogen) atoms. The molecule has 3 heterocycles. The molecule has 118 valence electrons. The fourth-order valence-corrected chi connectivity index (χ4v) is 2.43. The normalized spacial score (nSPS) is 18.6. The Morgan fingerprint density at radius 2 is 2.45 bits per heavy atom. The number of aryl methyl sites for hydroxylation is 2. The van der Waals surface area contributed by atoms with Gasteiger partial charge in [-0.15, -0.1) is 0 Å². The molecule has 1 amide bonds. The minimum absolute atomic E-state index is 0.126. The summed E-state index contributed by atoms with van der Waals surface area (Å²) in [6, 6.07) is 0. The molecule has 1 saturated heterocycles. The van der Waals surface area contributed by atoms with Crippen LogP contribution in [0.15, 0.2) is 12.7 Å². The van der Waals surface area contributed by atoms with Gasteiger partial charge < -0.3 is 9.64 Å². The lowest BCUT2D eigenvalue weighted by Crippen LogP contribution is -2.42. The summed E-state index contributed by atoms with van der Waals surface area (Å²) in [6.07, 6.45) is 4.12. The predicted octanol–water partition coefficient (Wildman–Crippen LogP) is 0.0849. The fraction of sp³-hybridized carbons (Fsp3) is 0.615. The molecule has 0 saturated carbocycles. The molecule has 3 rings (SSSR count). The molecular formula is C13H19N7O2. The van der Waals surface area contributed by atoms with Gasteiger partial charge in [-0.3, -0.25) is 14.6 Å². The molecule has 1 fully saturated rings. The van der Waals surface area contributed by atoms with E-state index in [4.69, 9.17) is 4.74 Å². The number of nitrogens with one attached hydrogen (secondary N) is 1. The summed E-state index contributed by atoms with van der Waals surface area (Å²) in [7, 11) is 0. The Balaban J connectivity index is 1.49. The highest BCUT2D eigenvalue weighted by Crippen LogP contribution is 2.19. The van der Waals surface area contributed by atoms with Gasteiger partial charge in [0.05, 0.1) is 13.2 Å². The maximum absolute atomic E-state index is 12.3. The smallest absolute Gasteiger partial charge is 0.222 e. The van der Waals surface area contributed by atoms with Crippen molar-refractivity contribution in [1.29, 1.82) is 0 Å².